The van der Waals surface area contributed by atoms with E-state index in [1.54, 1.807) is 0 Å². The van der Waals surface area contributed by atoms with E-state index in [1.165, 1.54) is 0 Å². The Kier molecular flexibility index (Phi) is 4.30. The summed E-state index contributed by atoms with van der Waals surface area (Å²) < 4.78 is 0. The van der Waals surface area contributed by atoms with Gasteiger partial charge in [0.05, 0.1) is 5.60 Å². The van der Waals surface area contributed by atoms with Gasteiger partial charge in [0.1, 0.15) is 0 Å². The van der Waals surface area contributed by atoms with Crippen LogP contribution < -0.4 is 0 Å². The highest BCUT2D eigenvalue weighted by molar-refractivity contribution is 5.17. The number of hydrogen-bond donors (Lipinski definition) is 2. The molecule has 0 spiro atoms. The zero-order valence-corrected chi connectivity index (χ0v) is 9.48. The molecule has 0 aliphatic rings. The molecule has 0 bridgehead atoms. The Labute approximate surface area is 91.6 Å². The van der Waals surface area contributed by atoms with Gasteiger partial charge in [-0.15, -0.1) is 0 Å². The third-order valence-electron chi connectivity index (χ3n) is 3.16. The fourth-order valence-corrected chi connectivity index (χ4v) is 1.77. The second kappa shape index (κ2) is 5.29. The van der Waals surface area contributed by atoms with Crippen molar-refractivity contribution in [2.24, 2.45) is 5.92 Å². The Balaban J connectivity index is 2.77. The van der Waals surface area contributed by atoms with E-state index < -0.39 is 5.60 Å². The van der Waals surface area contributed by atoms with Gasteiger partial charge in [0, 0.05) is 18.9 Å². The van der Waals surface area contributed by atoms with Gasteiger partial charge in [-0.1, -0.05) is 44.2 Å². The largest absolute Gasteiger partial charge is 0.396 e. The van der Waals surface area contributed by atoms with Crippen LogP contribution in [0.1, 0.15) is 25.8 Å². The molecule has 0 amide bonds. The first-order chi connectivity index (χ1) is 7.12. The maximum atomic E-state index is 10.4. The highest BCUT2D eigenvalue weighted by atomic mass is 16.3. The smallest absolute Gasteiger partial charge is 0.0732 e. The summed E-state index contributed by atoms with van der Waals surface area (Å²) in [6, 6.07) is 9.91. The van der Waals surface area contributed by atoms with Crippen LogP contribution in [0.2, 0.25) is 0 Å². The molecule has 0 radical (unpaired) electrons. The fraction of sp³-hybridized carbons (Fsp3) is 0.538. The molecule has 0 saturated carbocycles. The number of rotatable bonds is 5. The average molecular weight is 208 g/mol. The summed E-state index contributed by atoms with van der Waals surface area (Å²) in [6.45, 7) is 3.86. The number of hydrogen-bond acceptors (Lipinski definition) is 2. The molecule has 0 aromatic heterocycles. The van der Waals surface area contributed by atoms with Gasteiger partial charge in [-0.25, -0.2) is 0 Å². The molecule has 1 aromatic carbocycles. The van der Waals surface area contributed by atoms with Crippen LogP contribution in [0.15, 0.2) is 30.3 Å². The van der Waals surface area contributed by atoms with E-state index in [-0.39, 0.29) is 12.5 Å². The van der Waals surface area contributed by atoms with Crippen LogP contribution in [0.4, 0.5) is 0 Å². The standard InChI is InChI=1S/C13H20O2/c1-3-13(15,11(2)10-14)9-12-7-5-4-6-8-12/h4-8,11,14-15H,3,9-10H2,1-2H3. The summed E-state index contributed by atoms with van der Waals surface area (Å²) in [5, 5.41) is 19.5. The molecule has 84 valence electrons. The van der Waals surface area contributed by atoms with Gasteiger partial charge in [-0.3, -0.25) is 0 Å². The summed E-state index contributed by atoms with van der Waals surface area (Å²) in [5.41, 5.74) is 0.318. The lowest BCUT2D eigenvalue weighted by Crippen LogP contribution is -2.40. The fourth-order valence-electron chi connectivity index (χ4n) is 1.77. The third kappa shape index (κ3) is 3.05. The summed E-state index contributed by atoms with van der Waals surface area (Å²) in [7, 11) is 0. The molecular weight excluding hydrogens is 188 g/mol. The first kappa shape index (κ1) is 12.2. The minimum Gasteiger partial charge on any atom is -0.396 e. The van der Waals surface area contributed by atoms with E-state index in [1.807, 2.05) is 44.2 Å². The zero-order chi connectivity index (χ0) is 11.3. The predicted octanol–water partition coefficient (Wildman–Crippen LogP) is 2.00. The first-order valence-electron chi connectivity index (χ1n) is 5.49. The van der Waals surface area contributed by atoms with Gasteiger partial charge < -0.3 is 10.2 Å². The summed E-state index contributed by atoms with van der Waals surface area (Å²) >= 11 is 0. The summed E-state index contributed by atoms with van der Waals surface area (Å²) in [4.78, 5) is 0. The first-order valence-corrected chi connectivity index (χ1v) is 5.49. The molecule has 15 heavy (non-hydrogen) atoms. The molecule has 2 unspecified atom stereocenters. The predicted molar refractivity (Wildman–Crippen MR) is 61.6 cm³/mol. The lowest BCUT2D eigenvalue weighted by molar-refractivity contribution is -0.0349. The summed E-state index contributed by atoms with van der Waals surface area (Å²) in [6.07, 6.45) is 1.26. The van der Waals surface area contributed by atoms with Crippen LogP contribution in [-0.4, -0.2) is 22.4 Å². The van der Waals surface area contributed by atoms with Gasteiger partial charge in [-0.05, 0) is 12.0 Å². The highest BCUT2D eigenvalue weighted by Crippen LogP contribution is 2.25. The Hall–Kier alpha value is -0.860. The molecule has 2 atom stereocenters. The van der Waals surface area contributed by atoms with Crippen molar-refractivity contribution in [2.45, 2.75) is 32.3 Å². The average Bonchev–Trinajstić information content (AvgIpc) is 2.29. The Morgan fingerprint density at radius 3 is 2.33 bits per heavy atom. The minimum absolute atomic E-state index is 0.0250. The lowest BCUT2D eigenvalue weighted by Gasteiger charge is -2.32. The van der Waals surface area contributed by atoms with E-state index >= 15 is 0 Å². The Bertz CT molecular complexity index is 284. The van der Waals surface area contributed by atoms with Crippen LogP contribution in [-0.2, 0) is 6.42 Å². The molecule has 0 aliphatic carbocycles. The van der Waals surface area contributed by atoms with Crippen molar-refractivity contribution in [1.82, 2.24) is 0 Å². The summed E-state index contributed by atoms with van der Waals surface area (Å²) in [5.74, 6) is -0.0947. The van der Waals surface area contributed by atoms with E-state index in [4.69, 9.17) is 5.11 Å². The molecule has 0 saturated heterocycles. The third-order valence-corrected chi connectivity index (χ3v) is 3.16. The second-order valence-corrected chi connectivity index (χ2v) is 4.20. The van der Waals surface area contributed by atoms with Crippen LogP contribution in [0.5, 0.6) is 0 Å². The molecule has 1 aromatic rings. The Morgan fingerprint density at radius 2 is 1.87 bits per heavy atom. The van der Waals surface area contributed by atoms with Crippen LogP contribution in [0.3, 0.4) is 0 Å². The molecule has 1 rings (SSSR count). The van der Waals surface area contributed by atoms with Crippen LogP contribution in [0.25, 0.3) is 0 Å². The topological polar surface area (TPSA) is 40.5 Å². The van der Waals surface area contributed by atoms with Gasteiger partial charge >= 0.3 is 0 Å². The van der Waals surface area contributed by atoms with E-state index in [0.29, 0.717) is 12.8 Å². The van der Waals surface area contributed by atoms with E-state index in [2.05, 4.69) is 0 Å². The molecule has 2 nitrogen and oxygen atoms in total. The van der Waals surface area contributed by atoms with Gasteiger partial charge in [-0.2, -0.15) is 0 Å². The van der Waals surface area contributed by atoms with Crippen molar-refractivity contribution in [3.05, 3.63) is 35.9 Å². The number of aliphatic hydroxyl groups is 2. The Morgan fingerprint density at radius 1 is 1.27 bits per heavy atom. The van der Waals surface area contributed by atoms with Gasteiger partial charge in [0.15, 0.2) is 0 Å². The highest BCUT2D eigenvalue weighted by Gasteiger charge is 2.31. The number of benzene rings is 1. The second-order valence-electron chi connectivity index (χ2n) is 4.20. The van der Waals surface area contributed by atoms with Crippen molar-refractivity contribution in [1.29, 1.82) is 0 Å². The quantitative estimate of drug-likeness (QED) is 0.777. The van der Waals surface area contributed by atoms with Gasteiger partial charge in [0.2, 0.25) is 0 Å². The molecule has 2 N–H and O–H groups in total. The monoisotopic (exact) mass is 208 g/mol. The van der Waals surface area contributed by atoms with Crippen LogP contribution in [0, 0.1) is 5.92 Å². The molecular formula is C13H20O2. The SMILES string of the molecule is CCC(O)(Cc1ccccc1)C(C)CO. The molecule has 0 fully saturated rings. The number of aliphatic hydroxyl groups excluding tert-OH is 1. The van der Waals surface area contributed by atoms with Crippen molar-refractivity contribution in [3.8, 4) is 0 Å². The lowest BCUT2D eigenvalue weighted by atomic mass is 9.81. The van der Waals surface area contributed by atoms with Gasteiger partial charge in [0.25, 0.3) is 0 Å². The molecule has 0 heterocycles. The molecule has 2 heteroatoms. The van der Waals surface area contributed by atoms with Crippen LogP contribution >= 0.6 is 0 Å². The maximum absolute atomic E-state index is 10.4. The van der Waals surface area contributed by atoms with Crippen molar-refractivity contribution >= 4 is 0 Å². The normalized spacial score (nSPS) is 17.1. The van der Waals surface area contributed by atoms with E-state index in [9.17, 15) is 5.11 Å². The van der Waals surface area contributed by atoms with E-state index in [0.717, 1.165) is 5.56 Å². The molecule has 0 aliphatic heterocycles. The van der Waals surface area contributed by atoms with Crippen molar-refractivity contribution in [3.63, 3.8) is 0 Å². The maximum Gasteiger partial charge on any atom is 0.0732 e. The van der Waals surface area contributed by atoms with Crippen molar-refractivity contribution < 1.29 is 10.2 Å². The van der Waals surface area contributed by atoms with Crippen molar-refractivity contribution in [2.75, 3.05) is 6.61 Å². The minimum atomic E-state index is -0.796. The zero-order valence-electron chi connectivity index (χ0n) is 9.48.